The third-order valence-corrected chi connectivity index (χ3v) is 4.60. The molecule has 0 bridgehead atoms. The molecule has 0 aliphatic carbocycles. The lowest BCUT2D eigenvalue weighted by molar-refractivity contribution is -0.126. The number of hydrogen-bond acceptors (Lipinski definition) is 4. The second-order valence-corrected chi connectivity index (χ2v) is 8.03. The van der Waals surface area contributed by atoms with Crippen molar-refractivity contribution in [2.24, 2.45) is 0 Å². The molecule has 1 atom stereocenters. The van der Waals surface area contributed by atoms with Crippen molar-refractivity contribution in [1.29, 1.82) is 0 Å². The van der Waals surface area contributed by atoms with Gasteiger partial charge in [0.1, 0.15) is 0 Å². The summed E-state index contributed by atoms with van der Waals surface area (Å²) in [5.41, 5.74) is 1.10. The molecule has 1 aliphatic heterocycles. The number of nitrogens with zero attached hydrogens (tertiary/aromatic N) is 4. The second kappa shape index (κ2) is 8.30. The van der Waals surface area contributed by atoms with Crippen LogP contribution in [0.4, 0.5) is 10.3 Å². The van der Waals surface area contributed by atoms with E-state index in [9.17, 15) is 9.18 Å². The number of piperazine rings is 1. The normalized spacial score (nSPS) is 17.3. The maximum Gasteiger partial charge on any atom is 0.299 e. The van der Waals surface area contributed by atoms with Gasteiger partial charge < -0.3 is 9.80 Å². The van der Waals surface area contributed by atoms with Gasteiger partial charge in [-0.05, 0) is 18.2 Å². The fourth-order valence-electron chi connectivity index (χ4n) is 2.54. The van der Waals surface area contributed by atoms with E-state index in [1.54, 1.807) is 42.7 Å². The minimum atomic E-state index is -1.51. The van der Waals surface area contributed by atoms with Gasteiger partial charge >= 0.3 is 0 Å². The van der Waals surface area contributed by atoms with Crippen LogP contribution in [0.2, 0.25) is 0 Å². The highest BCUT2D eigenvalue weighted by Gasteiger charge is 2.30. The maximum atomic E-state index is 14.4. The van der Waals surface area contributed by atoms with Crippen LogP contribution in [0.1, 0.15) is 11.1 Å². The van der Waals surface area contributed by atoms with E-state index in [1.807, 2.05) is 0 Å². The van der Waals surface area contributed by atoms with Crippen LogP contribution in [0, 0.1) is 11.8 Å². The third kappa shape index (κ3) is 5.01. The van der Waals surface area contributed by atoms with Gasteiger partial charge in [0.15, 0.2) is 6.30 Å². The van der Waals surface area contributed by atoms with Crippen molar-refractivity contribution < 1.29 is 9.18 Å². The van der Waals surface area contributed by atoms with Gasteiger partial charge in [0.05, 0.1) is 6.54 Å². The maximum absolute atomic E-state index is 14.4. The molecule has 140 valence electrons. The summed E-state index contributed by atoms with van der Waals surface area (Å²) in [7, 11) is 0. The van der Waals surface area contributed by atoms with Crippen LogP contribution < -0.4 is 4.90 Å². The Labute approximate surface area is 171 Å². The predicted octanol–water partition coefficient (Wildman–Crippen LogP) is 3.30. The molecule has 2 aromatic rings. The Morgan fingerprint density at radius 3 is 2.41 bits per heavy atom. The first kappa shape index (κ1) is 19.7. The fourth-order valence-corrected chi connectivity index (χ4v) is 2.91. The van der Waals surface area contributed by atoms with E-state index in [0.717, 1.165) is 0 Å². The van der Waals surface area contributed by atoms with E-state index in [1.165, 1.54) is 9.80 Å². The van der Waals surface area contributed by atoms with Gasteiger partial charge in [-0.3, -0.25) is 4.79 Å². The number of halogens is 4. The van der Waals surface area contributed by atoms with Crippen molar-refractivity contribution >= 4 is 46.7 Å². The number of hydrogen-bond donors (Lipinski definition) is 0. The molecule has 1 aromatic heterocycles. The standard InChI is InChI=1S/C18H14Cl3FN4O/c19-18(20,21)14-5-2-13(3-6-14)4-7-16(27)25-10-11-26(15(22)12-25)17-23-8-1-9-24-17/h1-3,5-6,8-9,15H,10-12H2. The lowest BCUT2D eigenvalue weighted by atomic mass is 10.1. The highest BCUT2D eigenvalue weighted by molar-refractivity contribution is 6.66. The van der Waals surface area contributed by atoms with Crippen LogP contribution >= 0.6 is 34.8 Å². The Hall–Kier alpha value is -2.07. The van der Waals surface area contributed by atoms with Gasteiger partial charge in [-0.1, -0.05) is 52.9 Å². The molecule has 2 heterocycles. The largest absolute Gasteiger partial charge is 0.325 e. The van der Waals surface area contributed by atoms with Crippen LogP contribution in [0.25, 0.3) is 0 Å². The van der Waals surface area contributed by atoms with E-state index >= 15 is 0 Å². The zero-order valence-corrected chi connectivity index (χ0v) is 16.2. The summed E-state index contributed by atoms with van der Waals surface area (Å²) in [6, 6.07) is 8.21. The van der Waals surface area contributed by atoms with Gasteiger partial charge in [0, 0.05) is 42.5 Å². The number of rotatable bonds is 1. The summed E-state index contributed by atoms with van der Waals surface area (Å²) in [5.74, 6) is 5.13. The fraction of sp³-hybridized carbons (Fsp3) is 0.278. The van der Waals surface area contributed by atoms with Gasteiger partial charge in [-0.2, -0.15) is 0 Å². The molecule has 1 unspecified atom stereocenters. The van der Waals surface area contributed by atoms with Gasteiger partial charge in [-0.15, -0.1) is 0 Å². The highest BCUT2D eigenvalue weighted by Crippen LogP contribution is 2.37. The molecule has 1 fully saturated rings. The second-order valence-electron chi connectivity index (χ2n) is 5.75. The molecule has 0 radical (unpaired) electrons. The smallest absolute Gasteiger partial charge is 0.299 e. The number of alkyl halides is 4. The number of aromatic nitrogens is 2. The van der Waals surface area contributed by atoms with Crippen LogP contribution in [0.3, 0.4) is 0 Å². The first-order chi connectivity index (χ1) is 12.8. The molecule has 0 spiro atoms. The van der Waals surface area contributed by atoms with Gasteiger partial charge in [-0.25, -0.2) is 14.4 Å². The Balaban J connectivity index is 1.62. The topological polar surface area (TPSA) is 49.3 Å². The molecule has 0 N–H and O–H groups in total. The van der Waals surface area contributed by atoms with Crippen molar-refractivity contribution in [1.82, 2.24) is 14.9 Å². The average molecular weight is 428 g/mol. The number of carbonyl (C=O) groups is 1. The van der Waals surface area contributed by atoms with E-state index < -0.39 is 16.0 Å². The summed E-state index contributed by atoms with van der Waals surface area (Å²) in [4.78, 5) is 23.1. The first-order valence-corrected chi connectivity index (χ1v) is 9.14. The van der Waals surface area contributed by atoms with Crippen molar-refractivity contribution in [3.63, 3.8) is 0 Å². The van der Waals surface area contributed by atoms with Crippen molar-refractivity contribution in [3.8, 4) is 11.8 Å². The summed E-state index contributed by atoms with van der Waals surface area (Å²) in [6.45, 7) is 0.521. The van der Waals surface area contributed by atoms with Crippen LogP contribution in [-0.2, 0) is 8.59 Å². The number of amides is 1. The Bertz CT molecular complexity index is 862. The lowest BCUT2D eigenvalue weighted by Gasteiger charge is -2.36. The quantitative estimate of drug-likeness (QED) is 0.398. The van der Waals surface area contributed by atoms with Crippen LogP contribution in [0.15, 0.2) is 42.7 Å². The molecule has 5 nitrogen and oxygen atoms in total. The van der Waals surface area contributed by atoms with Gasteiger partial charge in [0.25, 0.3) is 5.91 Å². The Morgan fingerprint density at radius 1 is 1.15 bits per heavy atom. The number of carbonyl (C=O) groups excluding carboxylic acids is 1. The van der Waals surface area contributed by atoms with Crippen LogP contribution in [0.5, 0.6) is 0 Å². The van der Waals surface area contributed by atoms with E-state index in [0.29, 0.717) is 23.6 Å². The Kier molecular flexibility index (Phi) is 6.05. The third-order valence-electron chi connectivity index (χ3n) is 3.94. The summed E-state index contributed by atoms with van der Waals surface area (Å²) in [5, 5.41) is 0. The molecular formula is C18H14Cl3FN4O. The number of anilines is 1. The molecule has 1 saturated heterocycles. The highest BCUT2D eigenvalue weighted by atomic mass is 35.6. The molecule has 9 heteroatoms. The molecule has 1 amide bonds. The molecular weight excluding hydrogens is 414 g/mol. The number of benzene rings is 1. The molecule has 27 heavy (non-hydrogen) atoms. The molecule has 1 aliphatic rings. The van der Waals surface area contributed by atoms with Crippen molar-refractivity contribution in [2.75, 3.05) is 24.5 Å². The SMILES string of the molecule is O=C(C#Cc1ccc(C(Cl)(Cl)Cl)cc1)N1CCN(c2ncccn2)C(F)C1. The summed E-state index contributed by atoms with van der Waals surface area (Å²) in [6.07, 6.45) is 1.70. The zero-order valence-electron chi connectivity index (χ0n) is 13.9. The zero-order chi connectivity index (χ0) is 19.4. The predicted molar refractivity (Wildman–Crippen MR) is 103 cm³/mol. The first-order valence-electron chi connectivity index (χ1n) is 8.00. The summed E-state index contributed by atoms with van der Waals surface area (Å²) >= 11 is 17.4. The Morgan fingerprint density at radius 2 is 1.81 bits per heavy atom. The monoisotopic (exact) mass is 426 g/mol. The van der Waals surface area contributed by atoms with E-state index in [-0.39, 0.29) is 13.1 Å². The van der Waals surface area contributed by atoms with Gasteiger partial charge in [0.2, 0.25) is 9.74 Å². The van der Waals surface area contributed by atoms with Crippen molar-refractivity contribution in [3.05, 3.63) is 53.9 Å². The average Bonchev–Trinajstić information content (AvgIpc) is 2.66. The lowest BCUT2D eigenvalue weighted by Crippen LogP contribution is -2.53. The van der Waals surface area contributed by atoms with E-state index in [4.69, 9.17) is 34.8 Å². The van der Waals surface area contributed by atoms with E-state index in [2.05, 4.69) is 21.8 Å². The van der Waals surface area contributed by atoms with Crippen molar-refractivity contribution in [2.45, 2.75) is 10.1 Å². The summed E-state index contributed by atoms with van der Waals surface area (Å²) < 4.78 is 12.9. The molecule has 1 aromatic carbocycles. The van der Waals surface area contributed by atoms with Crippen LogP contribution in [-0.4, -0.2) is 46.7 Å². The molecule has 0 saturated carbocycles. The minimum absolute atomic E-state index is 0.0992. The minimum Gasteiger partial charge on any atom is -0.325 e. The molecule has 3 rings (SSSR count).